The van der Waals surface area contributed by atoms with Crippen molar-refractivity contribution in [3.8, 4) is 0 Å². The zero-order chi connectivity index (χ0) is 31.7. The molecular formula is C31H24BCl3F3N3O4. The average molecular weight is 677 g/mol. The van der Waals surface area contributed by atoms with Crippen LogP contribution in [0.25, 0.3) is 5.52 Å². The molecule has 1 fully saturated rings. The summed E-state index contributed by atoms with van der Waals surface area (Å²) in [5.74, 6) is -0.396. The molecule has 14 heteroatoms. The quantitative estimate of drug-likeness (QED) is 0.178. The number of hydrogen-bond donors (Lipinski definition) is 2. The van der Waals surface area contributed by atoms with Crippen LogP contribution in [0.1, 0.15) is 64.8 Å². The molecule has 232 valence electrons. The lowest BCUT2D eigenvalue weighted by Gasteiger charge is -2.30. The van der Waals surface area contributed by atoms with Crippen molar-refractivity contribution >= 4 is 64.5 Å². The van der Waals surface area contributed by atoms with E-state index in [0.717, 1.165) is 54.4 Å². The van der Waals surface area contributed by atoms with Gasteiger partial charge in [-0.2, -0.15) is 13.2 Å². The van der Waals surface area contributed by atoms with Gasteiger partial charge in [0.05, 0.1) is 38.3 Å². The van der Waals surface area contributed by atoms with Crippen LogP contribution in [0.2, 0.25) is 15.1 Å². The molecule has 1 unspecified atom stereocenters. The van der Waals surface area contributed by atoms with E-state index in [1.807, 2.05) is 18.2 Å². The van der Waals surface area contributed by atoms with Crippen LogP contribution < -0.4 is 10.8 Å². The Morgan fingerprint density at radius 1 is 1.07 bits per heavy atom. The highest BCUT2D eigenvalue weighted by Crippen LogP contribution is 2.51. The zero-order valence-corrected chi connectivity index (χ0v) is 25.7. The van der Waals surface area contributed by atoms with E-state index in [1.165, 1.54) is 6.07 Å². The Morgan fingerprint density at radius 3 is 2.51 bits per heavy atom. The monoisotopic (exact) mass is 675 g/mol. The van der Waals surface area contributed by atoms with E-state index in [4.69, 9.17) is 44.3 Å². The molecular weight excluding hydrogens is 653 g/mol. The summed E-state index contributed by atoms with van der Waals surface area (Å²) in [5.41, 5.74) is 0.0459. The molecule has 1 saturated carbocycles. The van der Waals surface area contributed by atoms with Crippen molar-refractivity contribution in [2.75, 3.05) is 0 Å². The smallest absolute Gasteiger partial charge is 0.423 e. The average Bonchev–Trinajstić information content (AvgIpc) is 3.81. The van der Waals surface area contributed by atoms with Gasteiger partial charge in [0.25, 0.3) is 11.5 Å². The Bertz CT molecular complexity index is 1870. The maximum absolute atomic E-state index is 14.6. The number of rotatable bonds is 5. The van der Waals surface area contributed by atoms with E-state index in [-0.39, 0.29) is 38.6 Å². The third kappa shape index (κ3) is 4.91. The number of amides is 1. The highest BCUT2D eigenvalue weighted by molar-refractivity contribution is 6.62. The zero-order valence-electron chi connectivity index (χ0n) is 23.4. The maximum Gasteiger partial charge on any atom is 0.492 e. The van der Waals surface area contributed by atoms with Gasteiger partial charge in [0, 0.05) is 23.9 Å². The van der Waals surface area contributed by atoms with Gasteiger partial charge in [0.15, 0.2) is 0 Å². The van der Waals surface area contributed by atoms with Gasteiger partial charge in [0.1, 0.15) is 5.69 Å². The van der Waals surface area contributed by atoms with Gasteiger partial charge in [0.2, 0.25) is 0 Å². The number of carbonyl (C=O) groups excluding carboxylic acids is 1. The van der Waals surface area contributed by atoms with E-state index in [9.17, 15) is 23.0 Å². The number of alkyl halides is 3. The van der Waals surface area contributed by atoms with Crippen molar-refractivity contribution in [1.82, 2.24) is 9.72 Å². The molecule has 2 N–H and O–H groups in total. The van der Waals surface area contributed by atoms with Gasteiger partial charge in [-0.05, 0) is 65.8 Å². The van der Waals surface area contributed by atoms with Crippen LogP contribution in [-0.4, -0.2) is 34.3 Å². The number of hydrogen-bond acceptors (Lipinski definition) is 5. The fraction of sp³-hybridized carbons (Fsp3) is 0.290. The number of oxime groups is 1. The van der Waals surface area contributed by atoms with Crippen LogP contribution in [0.4, 0.5) is 13.2 Å². The summed E-state index contributed by atoms with van der Waals surface area (Å²) in [6.07, 6.45) is -0.0612. The molecule has 2 aromatic carbocycles. The number of fused-ring (bicyclic) bond motifs is 3. The third-order valence-corrected chi connectivity index (χ3v) is 10.1. The minimum Gasteiger partial charge on any atom is -0.423 e. The first-order valence-electron chi connectivity index (χ1n) is 14.3. The highest BCUT2D eigenvalue weighted by atomic mass is 35.5. The summed E-state index contributed by atoms with van der Waals surface area (Å²) in [7, 11) is -1.01. The van der Waals surface area contributed by atoms with E-state index in [2.05, 4.69) is 10.5 Å². The van der Waals surface area contributed by atoms with Crippen molar-refractivity contribution in [3.05, 3.63) is 104 Å². The Morgan fingerprint density at radius 2 is 1.80 bits per heavy atom. The molecule has 3 aliphatic rings. The molecule has 7 nitrogen and oxygen atoms in total. The molecule has 1 atom stereocenters. The van der Waals surface area contributed by atoms with Gasteiger partial charge in [-0.1, -0.05) is 71.0 Å². The van der Waals surface area contributed by atoms with E-state index in [0.29, 0.717) is 11.1 Å². The summed E-state index contributed by atoms with van der Waals surface area (Å²) in [5, 5.41) is 17.0. The summed E-state index contributed by atoms with van der Waals surface area (Å²) in [6, 6.07) is 14.3. The molecule has 1 amide bonds. The molecule has 0 saturated heterocycles. The van der Waals surface area contributed by atoms with Crippen LogP contribution in [0, 0.1) is 0 Å². The Balaban J connectivity index is 1.13. The predicted molar refractivity (Wildman–Crippen MR) is 165 cm³/mol. The first kappa shape index (κ1) is 30.4. The number of pyridine rings is 1. The highest BCUT2D eigenvalue weighted by Gasteiger charge is 2.62. The molecule has 7 rings (SSSR count). The van der Waals surface area contributed by atoms with Crippen LogP contribution in [-0.2, 0) is 27.2 Å². The van der Waals surface area contributed by atoms with Crippen molar-refractivity contribution in [1.29, 1.82) is 0 Å². The first-order valence-corrected chi connectivity index (χ1v) is 15.4. The summed E-state index contributed by atoms with van der Waals surface area (Å²) in [6.45, 7) is 0.192. The standard InChI is InChI=1S/C31H24BCl3F3N3O4/c33-22-13-18(14-23(34)27(22)35)30(31(36,37)38)15-24(40-45-30)19-6-8-26(41-11-3-4-25(19)41)28(42)39-16-17-5-7-20-21(12-17)32(43)44-29(20)9-1-2-10-29/h3-8,11-14,43H,1-2,9-10,15-16H2,(H,39,42). The SMILES string of the molecule is O=C(NCc1ccc2c(c1)B(O)OC21CCCC1)c1ccc(C2=NOC(c3cc(Cl)c(Cl)c(Cl)c3)(C(F)(F)F)C2)c2cccn12. The number of aromatic nitrogens is 1. The predicted octanol–water partition coefficient (Wildman–Crippen LogP) is 6.90. The molecule has 0 bridgehead atoms. The topological polar surface area (TPSA) is 84.6 Å². The number of halogens is 6. The van der Waals surface area contributed by atoms with Gasteiger partial charge >= 0.3 is 13.3 Å². The minimum absolute atomic E-state index is 0.0316. The second-order valence-corrected chi connectivity index (χ2v) is 12.7. The lowest BCUT2D eigenvalue weighted by atomic mass is 9.77. The largest absolute Gasteiger partial charge is 0.492 e. The lowest BCUT2D eigenvalue weighted by Crippen LogP contribution is -2.42. The molecule has 45 heavy (non-hydrogen) atoms. The third-order valence-electron chi connectivity index (χ3n) is 8.95. The van der Waals surface area contributed by atoms with Crippen LogP contribution in [0.15, 0.2) is 65.9 Å². The van der Waals surface area contributed by atoms with Crippen molar-refractivity contribution in [2.24, 2.45) is 5.16 Å². The molecule has 1 aliphatic carbocycles. The van der Waals surface area contributed by atoms with E-state index in [1.54, 1.807) is 28.8 Å². The van der Waals surface area contributed by atoms with E-state index >= 15 is 0 Å². The number of nitrogens with one attached hydrogen (secondary N) is 1. The van der Waals surface area contributed by atoms with Gasteiger partial charge in [-0.25, -0.2) is 0 Å². The Labute approximate surface area is 271 Å². The van der Waals surface area contributed by atoms with Gasteiger partial charge in [-0.3, -0.25) is 4.79 Å². The second kappa shape index (κ2) is 10.9. The lowest BCUT2D eigenvalue weighted by molar-refractivity contribution is -0.275. The summed E-state index contributed by atoms with van der Waals surface area (Å²) >= 11 is 18.1. The maximum atomic E-state index is 14.6. The number of nitrogens with zero attached hydrogens (tertiary/aromatic N) is 2. The summed E-state index contributed by atoms with van der Waals surface area (Å²) in [4.78, 5) is 18.5. The first-order chi connectivity index (χ1) is 21.4. The molecule has 4 aromatic rings. The van der Waals surface area contributed by atoms with Crippen molar-refractivity contribution < 1.29 is 32.5 Å². The fourth-order valence-corrected chi connectivity index (χ4v) is 7.29. The van der Waals surface area contributed by atoms with Gasteiger partial charge in [-0.15, -0.1) is 0 Å². The molecule has 1 spiro atoms. The number of benzene rings is 2. The number of carbonyl (C=O) groups is 1. The fourth-order valence-electron chi connectivity index (χ4n) is 6.69. The van der Waals surface area contributed by atoms with Crippen LogP contribution in [0.5, 0.6) is 0 Å². The van der Waals surface area contributed by atoms with Crippen molar-refractivity contribution in [3.63, 3.8) is 0 Å². The van der Waals surface area contributed by atoms with E-state index < -0.39 is 36.8 Å². The molecule has 0 radical (unpaired) electrons. The molecule has 4 heterocycles. The van der Waals surface area contributed by atoms with Gasteiger partial charge < -0.3 is 24.2 Å². The summed E-state index contributed by atoms with van der Waals surface area (Å²) < 4.78 is 51.3. The Kier molecular flexibility index (Phi) is 7.41. The minimum atomic E-state index is -4.88. The second-order valence-electron chi connectivity index (χ2n) is 11.6. The normalized spacial score (nSPS) is 20.5. The Hall–Kier alpha value is -3.22. The van der Waals surface area contributed by atoms with Crippen LogP contribution >= 0.6 is 34.8 Å². The molecule has 2 aliphatic heterocycles. The van der Waals surface area contributed by atoms with Crippen LogP contribution in [0.3, 0.4) is 0 Å². The van der Waals surface area contributed by atoms with Crippen molar-refractivity contribution in [2.45, 2.75) is 56.0 Å². The molecule has 2 aromatic heterocycles.